The average molecular weight is 190 g/mol. The van der Waals surface area contributed by atoms with Gasteiger partial charge in [-0.3, -0.25) is 0 Å². The lowest BCUT2D eigenvalue weighted by Gasteiger charge is -2.38. The quantitative estimate of drug-likeness (QED) is 0.640. The van der Waals surface area contributed by atoms with E-state index < -0.39 is 10.7 Å². The molecule has 0 radical (unpaired) electrons. The molecule has 12 heavy (non-hydrogen) atoms. The Kier molecular flexibility index (Phi) is 2.81. The van der Waals surface area contributed by atoms with Crippen molar-refractivity contribution in [3.8, 4) is 0 Å². The Morgan fingerprint density at radius 1 is 1.25 bits per heavy atom. The van der Waals surface area contributed by atoms with Gasteiger partial charge in [0.05, 0.1) is 5.25 Å². The summed E-state index contributed by atoms with van der Waals surface area (Å²) in [5.41, 5.74) is 0.207. The summed E-state index contributed by atoms with van der Waals surface area (Å²) in [5, 5.41) is -0.0637. The van der Waals surface area contributed by atoms with Crippen molar-refractivity contribution in [3.63, 3.8) is 0 Å². The molecule has 1 rings (SSSR count). The van der Waals surface area contributed by atoms with E-state index in [1.165, 1.54) is 0 Å². The van der Waals surface area contributed by atoms with E-state index in [1.807, 2.05) is 0 Å². The molecule has 2 atom stereocenters. The van der Waals surface area contributed by atoms with Crippen LogP contribution in [0, 0.1) is 11.3 Å². The van der Waals surface area contributed by atoms with Gasteiger partial charge in [0.2, 0.25) is 0 Å². The summed E-state index contributed by atoms with van der Waals surface area (Å²) < 4.78 is 21.6. The molecule has 0 aromatic heterocycles. The summed E-state index contributed by atoms with van der Waals surface area (Å²) in [6.07, 6.45) is 2.76. The first kappa shape index (κ1) is 10.0. The van der Waals surface area contributed by atoms with Gasteiger partial charge in [-0.25, -0.2) is 8.42 Å². The Labute approximate surface area is 76.3 Å². The third kappa shape index (κ3) is 2.00. The minimum Gasteiger partial charge on any atom is -0.232 e. The second kappa shape index (κ2) is 3.36. The zero-order valence-corrected chi connectivity index (χ0v) is 8.93. The molecule has 0 saturated heterocycles. The highest BCUT2D eigenvalue weighted by Crippen LogP contribution is 2.40. The fraction of sp³-hybridized carbons (Fsp3) is 1.00. The van der Waals surface area contributed by atoms with Gasteiger partial charge >= 0.3 is 0 Å². The molecule has 0 bridgehead atoms. The van der Waals surface area contributed by atoms with Crippen LogP contribution < -0.4 is 0 Å². The standard InChI is InChI=1S/C9H18O2S/c1-7-4-5-8(12(10)11)6-9(7,2)3/h7-8,12H,4-6H2,1-3H3/t7-,8-/m0/s1. The molecular weight excluding hydrogens is 172 g/mol. The molecule has 0 heterocycles. The molecule has 72 valence electrons. The lowest BCUT2D eigenvalue weighted by Crippen LogP contribution is -2.33. The summed E-state index contributed by atoms with van der Waals surface area (Å²) in [5.74, 6) is 0.656. The monoisotopic (exact) mass is 190 g/mol. The number of hydrogen-bond acceptors (Lipinski definition) is 2. The molecule has 0 amide bonds. The summed E-state index contributed by atoms with van der Waals surface area (Å²) >= 11 is 0. The molecule has 0 spiro atoms. The Balaban J connectivity index is 2.69. The van der Waals surface area contributed by atoms with Crippen molar-refractivity contribution in [3.05, 3.63) is 0 Å². The molecular formula is C9H18O2S. The van der Waals surface area contributed by atoms with Gasteiger partial charge in [0, 0.05) is 0 Å². The minimum atomic E-state index is -2.20. The van der Waals surface area contributed by atoms with Crippen molar-refractivity contribution < 1.29 is 8.42 Å². The maximum atomic E-state index is 10.8. The molecule has 0 aromatic rings. The van der Waals surface area contributed by atoms with Crippen LogP contribution >= 0.6 is 0 Å². The van der Waals surface area contributed by atoms with Crippen molar-refractivity contribution in [2.24, 2.45) is 11.3 Å². The zero-order chi connectivity index (χ0) is 9.35. The first-order chi connectivity index (χ1) is 5.43. The van der Waals surface area contributed by atoms with Crippen LogP contribution in [-0.4, -0.2) is 13.7 Å². The van der Waals surface area contributed by atoms with E-state index in [4.69, 9.17) is 0 Å². The average Bonchev–Trinajstić information content (AvgIpc) is 1.94. The SMILES string of the molecule is C[C@H]1CC[C@H]([SH](=O)=O)CC1(C)C. The summed E-state index contributed by atoms with van der Waals surface area (Å²) in [6, 6.07) is 0. The second-order valence-electron chi connectivity index (χ2n) is 4.61. The van der Waals surface area contributed by atoms with Crippen LogP contribution in [0.3, 0.4) is 0 Å². The summed E-state index contributed by atoms with van der Waals surface area (Å²) in [4.78, 5) is 0. The minimum absolute atomic E-state index is 0.0637. The van der Waals surface area contributed by atoms with Crippen LogP contribution in [0.25, 0.3) is 0 Å². The highest BCUT2D eigenvalue weighted by molar-refractivity contribution is 7.73. The van der Waals surface area contributed by atoms with E-state index in [0.29, 0.717) is 5.92 Å². The predicted octanol–water partition coefficient (Wildman–Crippen LogP) is 1.81. The van der Waals surface area contributed by atoms with Crippen LogP contribution in [0.2, 0.25) is 0 Å². The lowest BCUT2D eigenvalue weighted by molar-refractivity contribution is 0.157. The molecule has 0 aliphatic heterocycles. The molecule has 1 aliphatic carbocycles. The van der Waals surface area contributed by atoms with Crippen molar-refractivity contribution in [1.29, 1.82) is 0 Å². The number of thiol groups is 1. The van der Waals surface area contributed by atoms with E-state index in [0.717, 1.165) is 19.3 Å². The fourth-order valence-electron chi connectivity index (χ4n) is 1.92. The van der Waals surface area contributed by atoms with Crippen LogP contribution in [0.15, 0.2) is 0 Å². The molecule has 0 N–H and O–H groups in total. The van der Waals surface area contributed by atoms with E-state index in [2.05, 4.69) is 20.8 Å². The normalized spacial score (nSPS) is 35.3. The molecule has 2 nitrogen and oxygen atoms in total. The first-order valence-electron chi connectivity index (χ1n) is 4.57. The smallest absolute Gasteiger partial charge is 0.143 e. The van der Waals surface area contributed by atoms with Crippen molar-refractivity contribution in [2.45, 2.75) is 45.3 Å². The van der Waals surface area contributed by atoms with Gasteiger partial charge in [-0.15, -0.1) is 0 Å². The Morgan fingerprint density at radius 2 is 1.83 bits per heavy atom. The van der Waals surface area contributed by atoms with Gasteiger partial charge in [-0.05, 0) is 30.6 Å². The van der Waals surface area contributed by atoms with Gasteiger partial charge < -0.3 is 0 Å². The van der Waals surface area contributed by atoms with Gasteiger partial charge in [0.1, 0.15) is 10.7 Å². The topological polar surface area (TPSA) is 34.1 Å². The third-order valence-electron chi connectivity index (χ3n) is 3.33. The zero-order valence-electron chi connectivity index (χ0n) is 8.04. The van der Waals surface area contributed by atoms with Crippen molar-refractivity contribution >= 4 is 10.7 Å². The van der Waals surface area contributed by atoms with E-state index in [9.17, 15) is 8.42 Å². The highest BCUT2D eigenvalue weighted by atomic mass is 32.2. The van der Waals surface area contributed by atoms with E-state index in [1.54, 1.807) is 0 Å². The maximum Gasteiger partial charge on any atom is 0.143 e. The molecule has 0 unspecified atom stereocenters. The summed E-state index contributed by atoms with van der Waals surface area (Å²) in [7, 11) is -2.20. The largest absolute Gasteiger partial charge is 0.232 e. The van der Waals surface area contributed by atoms with E-state index >= 15 is 0 Å². The molecule has 0 aromatic carbocycles. The Hall–Kier alpha value is -0.0500. The molecule has 1 fully saturated rings. The Morgan fingerprint density at radius 3 is 2.25 bits per heavy atom. The molecule has 3 heteroatoms. The van der Waals surface area contributed by atoms with Crippen LogP contribution in [-0.2, 0) is 10.7 Å². The number of hydrogen-bond donors (Lipinski definition) is 1. The first-order valence-corrected chi connectivity index (χ1v) is 5.81. The van der Waals surface area contributed by atoms with Crippen LogP contribution in [0.1, 0.15) is 40.0 Å². The fourth-order valence-corrected chi connectivity index (χ4v) is 2.90. The maximum absolute atomic E-state index is 10.8. The van der Waals surface area contributed by atoms with Gasteiger partial charge in [0.15, 0.2) is 0 Å². The Bertz CT molecular complexity index is 223. The van der Waals surface area contributed by atoms with Crippen molar-refractivity contribution in [1.82, 2.24) is 0 Å². The molecule has 1 saturated carbocycles. The van der Waals surface area contributed by atoms with E-state index in [-0.39, 0.29) is 10.7 Å². The van der Waals surface area contributed by atoms with Crippen LogP contribution in [0.4, 0.5) is 0 Å². The predicted molar refractivity (Wildman–Crippen MR) is 50.9 cm³/mol. The second-order valence-corrected chi connectivity index (χ2v) is 5.91. The van der Waals surface area contributed by atoms with Crippen LogP contribution in [0.5, 0.6) is 0 Å². The van der Waals surface area contributed by atoms with Gasteiger partial charge in [-0.2, -0.15) is 0 Å². The lowest BCUT2D eigenvalue weighted by atomic mass is 9.70. The highest BCUT2D eigenvalue weighted by Gasteiger charge is 2.34. The third-order valence-corrected chi connectivity index (χ3v) is 4.36. The molecule has 1 aliphatic rings. The summed E-state index contributed by atoms with van der Waals surface area (Å²) in [6.45, 7) is 6.55. The van der Waals surface area contributed by atoms with Gasteiger partial charge in [-0.1, -0.05) is 20.8 Å². The van der Waals surface area contributed by atoms with Crippen molar-refractivity contribution in [2.75, 3.05) is 0 Å². The number of rotatable bonds is 1. The van der Waals surface area contributed by atoms with Gasteiger partial charge in [0.25, 0.3) is 0 Å².